The van der Waals surface area contributed by atoms with Gasteiger partial charge in [-0.05, 0) is 32.1 Å². The second-order valence-corrected chi connectivity index (χ2v) is 4.15. The Morgan fingerprint density at radius 3 is 2.29 bits per heavy atom. The van der Waals surface area contributed by atoms with Crippen molar-refractivity contribution in [3.8, 4) is 0 Å². The van der Waals surface area contributed by atoms with Crippen molar-refractivity contribution in [1.82, 2.24) is 0 Å². The Morgan fingerprint density at radius 1 is 1.43 bits per heavy atom. The first kappa shape index (κ1) is 11.5. The average molecular weight is 199 g/mol. The summed E-state index contributed by atoms with van der Waals surface area (Å²) >= 11 is 0. The third kappa shape index (κ3) is 2.08. The quantitative estimate of drug-likeness (QED) is 0.687. The molecule has 1 saturated carbocycles. The first-order valence-corrected chi connectivity index (χ1v) is 5.59. The summed E-state index contributed by atoms with van der Waals surface area (Å²) in [5.74, 6) is -0.0882. The molecule has 1 rings (SSSR count). The number of nitrogens with two attached hydrogens (primary N) is 1. The smallest absolute Gasteiger partial charge is 0.313 e. The number of carbonyl (C=O) groups excluding carboxylic acids is 1. The highest BCUT2D eigenvalue weighted by atomic mass is 16.5. The number of hydrogen-bond donors (Lipinski definition) is 1. The van der Waals surface area contributed by atoms with E-state index in [0.29, 0.717) is 6.54 Å². The van der Waals surface area contributed by atoms with Crippen LogP contribution in [0.2, 0.25) is 0 Å². The summed E-state index contributed by atoms with van der Waals surface area (Å²) in [6.45, 7) is 4.39. The fraction of sp³-hybridized carbons (Fsp3) is 0.909. The predicted molar refractivity (Wildman–Crippen MR) is 55.8 cm³/mol. The lowest BCUT2D eigenvalue weighted by molar-refractivity contribution is -0.165. The van der Waals surface area contributed by atoms with Crippen molar-refractivity contribution < 1.29 is 9.53 Å². The maximum Gasteiger partial charge on any atom is 0.313 e. The van der Waals surface area contributed by atoms with Crippen LogP contribution < -0.4 is 5.73 Å². The summed E-state index contributed by atoms with van der Waals surface area (Å²) in [5, 5.41) is 0. The van der Waals surface area contributed by atoms with Crippen LogP contribution in [0.15, 0.2) is 0 Å². The molecule has 0 aliphatic heterocycles. The molecule has 3 nitrogen and oxygen atoms in total. The third-order valence-electron chi connectivity index (χ3n) is 3.50. The van der Waals surface area contributed by atoms with E-state index in [1.54, 1.807) is 0 Å². The minimum absolute atomic E-state index is 0.0882. The molecular weight excluding hydrogens is 178 g/mol. The molecule has 0 saturated heterocycles. The van der Waals surface area contributed by atoms with Crippen LogP contribution in [-0.2, 0) is 9.53 Å². The molecule has 0 heterocycles. The van der Waals surface area contributed by atoms with Gasteiger partial charge in [0.1, 0.15) is 6.10 Å². The van der Waals surface area contributed by atoms with Gasteiger partial charge in [-0.2, -0.15) is 0 Å². The second-order valence-electron chi connectivity index (χ2n) is 4.15. The zero-order valence-electron chi connectivity index (χ0n) is 9.21. The minimum Gasteiger partial charge on any atom is -0.462 e. The first-order valence-electron chi connectivity index (χ1n) is 5.59. The number of hydrogen-bond acceptors (Lipinski definition) is 3. The topological polar surface area (TPSA) is 52.3 Å². The molecular formula is C11H21NO2. The molecule has 14 heavy (non-hydrogen) atoms. The number of ether oxygens (including phenoxy) is 1. The molecule has 1 aliphatic carbocycles. The van der Waals surface area contributed by atoms with Gasteiger partial charge in [-0.25, -0.2) is 0 Å². The van der Waals surface area contributed by atoms with Crippen LogP contribution >= 0.6 is 0 Å². The maximum absolute atomic E-state index is 11.9. The molecule has 0 bridgehead atoms. The fourth-order valence-corrected chi connectivity index (χ4v) is 1.68. The molecule has 1 aliphatic rings. The molecule has 0 aromatic carbocycles. The molecule has 0 aromatic rings. The zero-order valence-corrected chi connectivity index (χ0v) is 9.21. The molecule has 2 N–H and O–H groups in total. The van der Waals surface area contributed by atoms with Crippen LogP contribution in [0.3, 0.4) is 0 Å². The zero-order chi connectivity index (χ0) is 10.6. The van der Waals surface area contributed by atoms with Crippen LogP contribution in [-0.4, -0.2) is 18.6 Å². The van der Waals surface area contributed by atoms with Crippen molar-refractivity contribution in [2.75, 3.05) is 6.54 Å². The Labute approximate surface area is 86.0 Å². The van der Waals surface area contributed by atoms with Crippen LogP contribution in [0, 0.1) is 5.41 Å². The van der Waals surface area contributed by atoms with Gasteiger partial charge in [-0.3, -0.25) is 4.79 Å². The minimum atomic E-state index is -0.435. The van der Waals surface area contributed by atoms with Crippen LogP contribution in [0.1, 0.15) is 46.0 Å². The summed E-state index contributed by atoms with van der Waals surface area (Å²) < 4.78 is 5.41. The summed E-state index contributed by atoms with van der Waals surface area (Å²) in [4.78, 5) is 11.9. The lowest BCUT2D eigenvalue weighted by Gasteiger charge is -2.33. The summed E-state index contributed by atoms with van der Waals surface area (Å²) in [5.41, 5.74) is 5.23. The third-order valence-corrected chi connectivity index (χ3v) is 3.50. The highest BCUT2D eigenvalue weighted by Crippen LogP contribution is 2.30. The predicted octanol–water partition coefficient (Wildman–Crippen LogP) is 1.85. The summed E-state index contributed by atoms with van der Waals surface area (Å²) in [6.07, 6.45) is 4.95. The van der Waals surface area contributed by atoms with Crippen LogP contribution in [0.25, 0.3) is 0 Å². The van der Waals surface area contributed by atoms with Crippen molar-refractivity contribution in [2.24, 2.45) is 11.1 Å². The first-order chi connectivity index (χ1) is 6.68. The molecule has 0 amide bonds. The van der Waals surface area contributed by atoms with Crippen molar-refractivity contribution in [3.63, 3.8) is 0 Å². The van der Waals surface area contributed by atoms with Gasteiger partial charge >= 0.3 is 5.97 Å². The van der Waals surface area contributed by atoms with Gasteiger partial charge in [0, 0.05) is 6.54 Å². The Morgan fingerprint density at radius 2 is 2.00 bits per heavy atom. The monoisotopic (exact) mass is 199 g/mol. The molecule has 0 spiro atoms. The molecule has 0 atom stereocenters. The maximum atomic E-state index is 11.9. The fourth-order valence-electron chi connectivity index (χ4n) is 1.68. The molecule has 0 radical (unpaired) electrons. The molecule has 3 heteroatoms. The van der Waals surface area contributed by atoms with Crippen LogP contribution in [0.4, 0.5) is 0 Å². The lowest BCUT2D eigenvalue weighted by atomic mass is 9.82. The Balaban J connectivity index is 2.52. The van der Waals surface area contributed by atoms with Gasteiger partial charge in [-0.1, -0.05) is 13.8 Å². The number of esters is 1. The second kappa shape index (κ2) is 4.78. The summed E-state index contributed by atoms with van der Waals surface area (Å²) in [7, 11) is 0. The van der Waals surface area contributed by atoms with Gasteiger partial charge in [0.25, 0.3) is 0 Å². The van der Waals surface area contributed by atoms with E-state index < -0.39 is 5.41 Å². The van der Waals surface area contributed by atoms with Crippen molar-refractivity contribution in [1.29, 1.82) is 0 Å². The van der Waals surface area contributed by atoms with E-state index in [2.05, 4.69) is 0 Å². The van der Waals surface area contributed by atoms with E-state index in [-0.39, 0.29) is 12.1 Å². The van der Waals surface area contributed by atoms with Crippen molar-refractivity contribution >= 4 is 5.97 Å². The van der Waals surface area contributed by atoms with E-state index in [1.807, 2.05) is 13.8 Å². The van der Waals surface area contributed by atoms with Crippen molar-refractivity contribution in [2.45, 2.75) is 52.1 Å². The molecule has 0 aromatic heterocycles. The van der Waals surface area contributed by atoms with Gasteiger partial charge in [-0.15, -0.1) is 0 Å². The van der Waals surface area contributed by atoms with E-state index in [1.165, 1.54) is 6.42 Å². The highest BCUT2D eigenvalue weighted by Gasteiger charge is 2.37. The SMILES string of the molecule is CCC(CC)(CN)C(=O)OC1CCC1. The number of rotatable bonds is 5. The standard InChI is InChI=1S/C11H21NO2/c1-3-11(4-2,8-12)10(13)14-9-6-5-7-9/h9H,3-8,12H2,1-2H3. The van der Waals surface area contributed by atoms with Gasteiger partial charge in [0.05, 0.1) is 5.41 Å². The highest BCUT2D eigenvalue weighted by molar-refractivity contribution is 5.77. The Kier molecular flexibility index (Phi) is 3.93. The normalized spacial score (nSPS) is 17.6. The Bertz CT molecular complexity index is 187. The average Bonchev–Trinajstić information content (AvgIpc) is 2.15. The van der Waals surface area contributed by atoms with E-state index >= 15 is 0 Å². The van der Waals surface area contributed by atoms with Crippen molar-refractivity contribution in [3.05, 3.63) is 0 Å². The van der Waals surface area contributed by atoms with E-state index in [9.17, 15) is 4.79 Å². The Hall–Kier alpha value is -0.570. The molecule has 0 unspecified atom stereocenters. The molecule has 82 valence electrons. The largest absolute Gasteiger partial charge is 0.462 e. The van der Waals surface area contributed by atoms with Crippen LogP contribution in [0.5, 0.6) is 0 Å². The lowest BCUT2D eigenvalue weighted by Crippen LogP contribution is -2.41. The van der Waals surface area contributed by atoms with E-state index in [4.69, 9.17) is 10.5 Å². The van der Waals surface area contributed by atoms with Gasteiger partial charge in [0.15, 0.2) is 0 Å². The molecule has 1 fully saturated rings. The number of carbonyl (C=O) groups is 1. The van der Waals surface area contributed by atoms with Gasteiger partial charge < -0.3 is 10.5 Å². The summed E-state index contributed by atoms with van der Waals surface area (Å²) in [6, 6.07) is 0. The van der Waals surface area contributed by atoms with Gasteiger partial charge in [0.2, 0.25) is 0 Å². The van der Waals surface area contributed by atoms with E-state index in [0.717, 1.165) is 25.7 Å².